The van der Waals surface area contributed by atoms with Gasteiger partial charge in [-0.25, -0.2) is 4.98 Å². The first-order valence-electron chi connectivity index (χ1n) is 7.19. The van der Waals surface area contributed by atoms with E-state index in [9.17, 15) is 4.79 Å². The van der Waals surface area contributed by atoms with Crippen molar-refractivity contribution in [2.45, 2.75) is 51.4 Å². The highest BCUT2D eigenvalue weighted by Gasteiger charge is 2.39. The SMILES string of the molecule is CC(C)(C)[Si](C)(C)O[C@@H](CC=O)c1ccc2scnc2c1. The fourth-order valence-electron chi connectivity index (χ4n) is 1.95. The molecule has 2 rings (SSSR count). The van der Waals surface area contributed by atoms with Gasteiger partial charge in [-0.2, -0.15) is 0 Å². The number of hydrogen-bond donors (Lipinski definition) is 0. The number of carbonyl (C=O) groups is 1. The topological polar surface area (TPSA) is 39.2 Å². The lowest BCUT2D eigenvalue weighted by Gasteiger charge is -2.39. The molecule has 0 fully saturated rings. The molecule has 0 unspecified atom stereocenters. The Kier molecular flexibility index (Phi) is 4.65. The quantitative estimate of drug-likeness (QED) is 0.578. The molecular formula is C16H23NO2SSi. The Morgan fingerprint density at radius 1 is 1.38 bits per heavy atom. The predicted molar refractivity (Wildman–Crippen MR) is 91.3 cm³/mol. The second kappa shape index (κ2) is 5.99. The van der Waals surface area contributed by atoms with Crippen LogP contribution in [0, 0.1) is 0 Å². The molecule has 5 heteroatoms. The highest BCUT2D eigenvalue weighted by atomic mass is 32.1. The van der Waals surface area contributed by atoms with E-state index in [1.165, 1.54) is 0 Å². The van der Waals surface area contributed by atoms with E-state index in [4.69, 9.17) is 4.43 Å². The van der Waals surface area contributed by atoms with Gasteiger partial charge in [-0.1, -0.05) is 26.8 Å². The molecule has 0 aliphatic rings. The number of rotatable bonds is 5. The Morgan fingerprint density at radius 3 is 2.71 bits per heavy atom. The van der Waals surface area contributed by atoms with E-state index in [-0.39, 0.29) is 11.1 Å². The molecule has 0 spiro atoms. The lowest BCUT2D eigenvalue weighted by Crippen LogP contribution is -2.41. The van der Waals surface area contributed by atoms with E-state index in [1.54, 1.807) is 11.3 Å². The van der Waals surface area contributed by atoms with E-state index in [0.29, 0.717) is 6.42 Å². The second-order valence-electron chi connectivity index (χ2n) is 6.85. The van der Waals surface area contributed by atoms with Crippen LogP contribution in [0.2, 0.25) is 18.1 Å². The van der Waals surface area contributed by atoms with Gasteiger partial charge < -0.3 is 9.22 Å². The first kappa shape index (κ1) is 16.3. The number of benzene rings is 1. The van der Waals surface area contributed by atoms with Gasteiger partial charge in [0.1, 0.15) is 6.29 Å². The Morgan fingerprint density at radius 2 is 2.10 bits per heavy atom. The Hall–Kier alpha value is -1.04. The Labute approximate surface area is 131 Å². The van der Waals surface area contributed by atoms with Crippen LogP contribution in [0.15, 0.2) is 23.7 Å². The van der Waals surface area contributed by atoms with E-state index < -0.39 is 8.32 Å². The van der Waals surface area contributed by atoms with Crippen LogP contribution in [0.1, 0.15) is 38.9 Å². The molecule has 0 aliphatic carbocycles. The summed E-state index contributed by atoms with van der Waals surface area (Å²) in [5.41, 5.74) is 3.87. The maximum absolute atomic E-state index is 11.1. The van der Waals surface area contributed by atoms with Gasteiger partial charge in [-0.15, -0.1) is 11.3 Å². The smallest absolute Gasteiger partial charge is 0.192 e. The van der Waals surface area contributed by atoms with Gasteiger partial charge in [-0.3, -0.25) is 0 Å². The van der Waals surface area contributed by atoms with Crippen molar-refractivity contribution >= 4 is 36.2 Å². The summed E-state index contributed by atoms with van der Waals surface area (Å²) in [6.45, 7) is 11.1. The van der Waals surface area contributed by atoms with Gasteiger partial charge in [0.15, 0.2) is 8.32 Å². The van der Waals surface area contributed by atoms with Crippen molar-refractivity contribution in [1.82, 2.24) is 4.98 Å². The number of hydrogen-bond acceptors (Lipinski definition) is 4. The first-order valence-corrected chi connectivity index (χ1v) is 11.0. The summed E-state index contributed by atoms with van der Waals surface area (Å²) in [6, 6.07) is 6.17. The van der Waals surface area contributed by atoms with Gasteiger partial charge >= 0.3 is 0 Å². The van der Waals surface area contributed by atoms with Crippen LogP contribution in [0.25, 0.3) is 10.2 Å². The first-order chi connectivity index (χ1) is 9.74. The van der Waals surface area contributed by atoms with Crippen LogP contribution in [0.5, 0.6) is 0 Å². The van der Waals surface area contributed by atoms with E-state index in [0.717, 1.165) is 22.1 Å². The van der Waals surface area contributed by atoms with Crippen LogP contribution < -0.4 is 0 Å². The van der Waals surface area contributed by atoms with Crippen molar-refractivity contribution in [3.63, 3.8) is 0 Å². The molecule has 1 aromatic carbocycles. The lowest BCUT2D eigenvalue weighted by atomic mass is 10.1. The van der Waals surface area contributed by atoms with Gasteiger partial charge in [0.05, 0.1) is 21.8 Å². The normalized spacial score (nSPS) is 14.3. The molecule has 2 aromatic rings. The van der Waals surface area contributed by atoms with E-state index in [2.05, 4.69) is 51.0 Å². The predicted octanol–water partition coefficient (Wildman–Crippen LogP) is 4.95. The van der Waals surface area contributed by atoms with Crippen LogP contribution in [0.4, 0.5) is 0 Å². The standard InChI is InChI=1S/C16H23NO2SSi/c1-16(2,3)21(4,5)19-14(8-9-18)12-6-7-15-13(10-12)17-11-20-15/h6-7,9-11,14H,8H2,1-5H3/t14-/m0/s1. The van der Waals surface area contributed by atoms with Crippen molar-refractivity contribution in [1.29, 1.82) is 0 Å². The summed E-state index contributed by atoms with van der Waals surface area (Å²) >= 11 is 1.63. The molecule has 1 heterocycles. The summed E-state index contributed by atoms with van der Waals surface area (Å²) in [6.07, 6.45) is 1.17. The average Bonchev–Trinajstić information content (AvgIpc) is 2.83. The molecule has 0 amide bonds. The largest absolute Gasteiger partial charge is 0.410 e. The van der Waals surface area contributed by atoms with Gasteiger partial charge in [0.2, 0.25) is 0 Å². The van der Waals surface area contributed by atoms with E-state index >= 15 is 0 Å². The molecule has 1 atom stereocenters. The van der Waals surface area contributed by atoms with Crippen molar-refractivity contribution in [3.8, 4) is 0 Å². The zero-order chi connectivity index (χ0) is 15.7. The second-order valence-corrected chi connectivity index (χ2v) is 12.5. The van der Waals surface area contributed by atoms with Gasteiger partial charge in [-0.05, 0) is 35.8 Å². The highest BCUT2D eigenvalue weighted by Crippen LogP contribution is 2.40. The van der Waals surface area contributed by atoms with Crippen LogP contribution >= 0.6 is 11.3 Å². The lowest BCUT2D eigenvalue weighted by molar-refractivity contribution is -0.109. The third-order valence-electron chi connectivity index (χ3n) is 4.28. The van der Waals surface area contributed by atoms with Crippen LogP contribution in [0.3, 0.4) is 0 Å². The van der Waals surface area contributed by atoms with Crippen molar-refractivity contribution in [2.24, 2.45) is 0 Å². The summed E-state index contributed by atoms with van der Waals surface area (Å²) in [4.78, 5) is 15.4. The summed E-state index contributed by atoms with van der Waals surface area (Å²) < 4.78 is 7.60. The fraction of sp³-hybridized carbons (Fsp3) is 0.500. The molecule has 1 aromatic heterocycles. The van der Waals surface area contributed by atoms with E-state index in [1.807, 2.05) is 11.6 Å². The number of aldehydes is 1. The van der Waals surface area contributed by atoms with Crippen LogP contribution in [-0.4, -0.2) is 19.6 Å². The molecule has 0 N–H and O–H groups in total. The summed E-state index contributed by atoms with van der Waals surface area (Å²) in [5, 5.41) is 0.124. The van der Waals surface area contributed by atoms with Gasteiger partial charge in [0, 0.05) is 6.42 Å². The van der Waals surface area contributed by atoms with Crippen LogP contribution in [-0.2, 0) is 9.22 Å². The molecule has 0 aliphatic heterocycles. The summed E-state index contributed by atoms with van der Waals surface area (Å²) in [7, 11) is -1.92. The minimum atomic E-state index is -1.92. The molecule has 0 saturated heterocycles. The highest BCUT2D eigenvalue weighted by molar-refractivity contribution is 7.16. The maximum atomic E-state index is 11.1. The third-order valence-corrected chi connectivity index (χ3v) is 9.58. The fourth-order valence-corrected chi connectivity index (χ4v) is 3.90. The number of carbonyl (C=O) groups excluding carboxylic acids is 1. The van der Waals surface area contributed by atoms with Crippen molar-refractivity contribution in [3.05, 3.63) is 29.3 Å². The molecule has 0 bridgehead atoms. The Balaban J connectivity index is 2.32. The van der Waals surface area contributed by atoms with Gasteiger partial charge in [0.25, 0.3) is 0 Å². The Bertz CT molecular complexity index is 630. The molecule has 21 heavy (non-hydrogen) atoms. The zero-order valence-corrected chi connectivity index (χ0v) is 15.2. The molecule has 0 saturated carbocycles. The molecular weight excluding hydrogens is 298 g/mol. The number of fused-ring (bicyclic) bond motifs is 1. The minimum Gasteiger partial charge on any atom is -0.410 e. The average molecular weight is 322 g/mol. The van der Waals surface area contributed by atoms with Crippen molar-refractivity contribution < 1.29 is 9.22 Å². The maximum Gasteiger partial charge on any atom is 0.192 e. The monoisotopic (exact) mass is 321 g/mol. The summed E-state index contributed by atoms with van der Waals surface area (Å²) in [5.74, 6) is 0. The zero-order valence-electron chi connectivity index (χ0n) is 13.3. The minimum absolute atomic E-state index is 0.124. The number of aromatic nitrogens is 1. The molecule has 3 nitrogen and oxygen atoms in total. The third kappa shape index (κ3) is 3.59. The number of nitrogens with zero attached hydrogens (tertiary/aromatic N) is 1. The van der Waals surface area contributed by atoms with Crippen molar-refractivity contribution in [2.75, 3.05) is 0 Å². The molecule has 0 radical (unpaired) electrons. The molecule has 114 valence electrons. The number of thiazole rings is 1.